The van der Waals surface area contributed by atoms with Gasteiger partial charge in [0, 0.05) is 11.7 Å². The lowest BCUT2D eigenvalue weighted by Gasteiger charge is -2.27. The van der Waals surface area contributed by atoms with Gasteiger partial charge in [-0.1, -0.05) is 50.3 Å². The Balaban J connectivity index is 1.75. The minimum Gasteiger partial charge on any atom is -0.339 e. The summed E-state index contributed by atoms with van der Waals surface area (Å²) in [5, 5.41) is 13.0. The maximum Gasteiger partial charge on any atom is 0.262 e. The lowest BCUT2D eigenvalue weighted by atomic mass is 9.84. The van der Waals surface area contributed by atoms with Crippen LogP contribution in [0.4, 0.5) is 0 Å². The topological polar surface area (TPSA) is 73.2 Å². The zero-order chi connectivity index (χ0) is 18.5. The molecule has 0 unspecified atom stereocenters. The third-order valence-electron chi connectivity index (χ3n) is 5.03. The van der Waals surface area contributed by atoms with Crippen molar-refractivity contribution in [2.24, 2.45) is 5.92 Å². The average molecular weight is 369 g/mol. The van der Waals surface area contributed by atoms with E-state index >= 15 is 0 Å². The lowest BCUT2D eigenvalue weighted by molar-refractivity contribution is -0.129. The summed E-state index contributed by atoms with van der Waals surface area (Å²) in [6, 6.07) is 9.03. The Morgan fingerprint density at radius 2 is 2.04 bits per heavy atom. The van der Waals surface area contributed by atoms with Gasteiger partial charge in [0.15, 0.2) is 6.19 Å². The number of amides is 2. The van der Waals surface area contributed by atoms with Crippen LogP contribution in [-0.4, -0.2) is 29.8 Å². The molecule has 1 aromatic carbocycles. The molecule has 136 valence electrons. The molecule has 2 aromatic rings. The third-order valence-corrected chi connectivity index (χ3v) is 6.14. The summed E-state index contributed by atoms with van der Waals surface area (Å²) in [6.45, 7) is 0. The zero-order valence-corrected chi connectivity index (χ0v) is 15.7. The Labute approximate surface area is 157 Å². The second kappa shape index (κ2) is 8.33. The maximum atomic E-state index is 12.7. The van der Waals surface area contributed by atoms with E-state index in [1.54, 1.807) is 0 Å². The van der Waals surface area contributed by atoms with E-state index in [4.69, 9.17) is 5.26 Å². The highest BCUT2D eigenvalue weighted by Crippen LogP contribution is 2.29. The summed E-state index contributed by atoms with van der Waals surface area (Å²) in [5.74, 6) is -0.160. The molecule has 0 spiro atoms. The molecule has 1 aliphatic carbocycles. The Morgan fingerprint density at radius 3 is 2.73 bits per heavy atom. The fourth-order valence-corrected chi connectivity index (χ4v) is 4.55. The van der Waals surface area contributed by atoms with Crippen LogP contribution < -0.4 is 5.32 Å². The number of rotatable bonds is 5. The van der Waals surface area contributed by atoms with Crippen LogP contribution in [0.25, 0.3) is 10.1 Å². The van der Waals surface area contributed by atoms with Gasteiger partial charge in [-0.2, -0.15) is 5.26 Å². The number of carbonyl (C=O) groups is 2. The van der Waals surface area contributed by atoms with Gasteiger partial charge in [0.25, 0.3) is 11.8 Å². The van der Waals surface area contributed by atoms with Crippen molar-refractivity contribution in [1.29, 1.82) is 5.26 Å². The molecule has 1 saturated carbocycles. The molecule has 0 radical (unpaired) electrons. The molecule has 1 aliphatic rings. The molecule has 0 aliphatic heterocycles. The first-order chi connectivity index (χ1) is 12.6. The minimum atomic E-state index is -0.652. The van der Waals surface area contributed by atoms with Crippen LogP contribution in [0.3, 0.4) is 0 Å². The summed E-state index contributed by atoms with van der Waals surface area (Å²) in [4.78, 5) is 26.9. The first kappa shape index (κ1) is 18.4. The predicted octanol–water partition coefficient (Wildman–Crippen LogP) is 3.91. The number of hydrogen-bond acceptors (Lipinski definition) is 4. The van der Waals surface area contributed by atoms with Gasteiger partial charge in [-0.05, 0) is 29.9 Å². The molecule has 6 heteroatoms. The summed E-state index contributed by atoms with van der Waals surface area (Å²) < 4.78 is 1.04. The van der Waals surface area contributed by atoms with Crippen LogP contribution in [-0.2, 0) is 4.79 Å². The predicted molar refractivity (Wildman–Crippen MR) is 103 cm³/mol. The molecule has 26 heavy (non-hydrogen) atoms. The zero-order valence-electron chi connectivity index (χ0n) is 14.9. The van der Waals surface area contributed by atoms with E-state index in [9.17, 15) is 9.59 Å². The number of thiophene rings is 1. The summed E-state index contributed by atoms with van der Waals surface area (Å²) in [7, 11) is 1.45. The Hall–Kier alpha value is -2.39. The van der Waals surface area contributed by atoms with Crippen LogP contribution in [0, 0.1) is 17.4 Å². The standard InChI is InChI=1S/C20H23N3O2S/c1-23(13-21)20(25)16(11-14-7-3-2-4-8-14)22-19(24)18-12-15-9-5-6-10-17(15)26-18/h5-6,9-10,12,14,16H,2-4,7-8,11H2,1H3,(H,22,24)/t16-/m0/s1. The molecular formula is C20H23N3O2S. The third kappa shape index (κ3) is 4.23. The number of hydrogen-bond donors (Lipinski definition) is 1. The van der Waals surface area contributed by atoms with E-state index in [1.807, 2.05) is 36.5 Å². The van der Waals surface area contributed by atoms with Gasteiger partial charge in [-0.25, -0.2) is 0 Å². The number of carbonyl (C=O) groups excluding carboxylic acids is 2. The highest BCUT2D eigenvalue weighted by atomic mass is 32.1. The van der Waals surface area contributed by atoms with Crippen LogP contribution in [0.5, 0.6) is 0 Å². The molecule has 1 fully saturated rings. The molecule has 1 heterocycles. The van der Waals surface area contributed by atoms with Crippen LogP contribution in [0.15, 0.2) is 30.3 Å². The monoisotopic (exact) mass is 369 g/mol. The second-order valence-electron chi connectivity index (χ2n) is 6.91. The van der Waals surface area contributed by atoms with E-state index in [0.717, 1.165) is 27.8 Å². The van der Waals surface area contributed by atoms with Crippen LogP contribution in [0.2, 0.25) is 0 Å². The molecular weight excluding hydrogens is 346 g/mol. The fraction of sp³-hybridized carbons (Fsp3) is 0.450. The van der Waals surface area contributed by atoms with Gasteiger partial charge in [-0.3, -0.25) is 14.5 Å². The largest absolute Gasteiger partial charge is 0.339 e. The quantitative estimate of drug-likeness (QED) is 0.641. The van der Waals surface area contributed by atoms with Gasteiger partial charge in [-0.15, -0.1) is 11.3 Å². The average Bonchev–Trinajstić information content (AvgIpc) is 3.11. The number of benzene rings is 1. The van der Waals surface area contributed by atoms with E-state index in [-0.39, 0.29) is 11.8 Å². The van der Waals surface area contributed by atoms with Gasteiger partial charge in [0.2, 0.25) is 0 Å². The smallest absolute Gasteiger partial charge is 0.262 e. The highest BCUT2D eigenvalue weighted by Gasteiger charge is 2.28. The van der Waals surface area contributed by atoms with Crippen LogP contribution >= 0.6 is 11.3 Å². The molecule has 0 bridgehead atoms. The first-order valence-electron chi connectivity index (χ1n) is 9.05. The molecule has 0 saturated heterocycles. The van der Waals surface area contributed by atoms with Crippen LogP contribution in [0.1, 0.15) is 48.2 Å². The van der Waals surface area contributed by atoms with Crippen molar-refractivity contribution in [3.63, 3.8) is 0 Å². The summed E-state index contributed by atoms with van der Waals surface area (Å²) in [5.41, 5.74) is 0. The van der Waals surface area contributed by atoms with Crippen molar-refractivity contribution in [2.45, 2.75) is 44.6 Å². The van der Waals surface area contributed by atoms with Crippen molar-refractivity contribution in [3.8, 4) is 6.19 Å². The van der Waals surface area contributed by atoms with Gasteiger partial charge in [0.05, 0.1) is 4.88 Å². The Morgan fingerprint density at radius 1 is 1.31 bits per heavy atom. The normalized spacial score (nSPS) is 16.0. The summed E-state index contributed by atoms with van der Waals surface area (Å²) >= 11 is 1.42. The van der Waals surface area contributed by atoms with E-state index < -0.39 is 6.04 Å². The number of nitriles is 1. The summed E-state index contributed by atoms with van der Waals surface area (Å²) in [6.07, 6.45) is 8.19. The number of nitrogens with one attached hydrogen (secondary N) is 1. The Bertz CT molecular complexity index is 800. The molecule has 3 rings (SSSR count). The van der Waals surface area contributed by atoms with Crippen molar-refractivity contribution < 1.29 is 9.59 Å². The lowest BCUT2D eigenvalue weighted by Crippen LogP contribution is -2.47. The minimum absolute atomic E-state index is 0.244. The maximum absolute atomic E-state index is 12.7. The van der Waals surface area contributed by atoms with Crippen molar-refractivity contribution >= 4 is 33.2 Å². The Kier molecular flexibility index (Phi) is 5.89. The van der Waals surface area contributed by atoms with E-state index in [0.29, 0.717) is 17.2 Å². The van der Waals surface area contributed by atoms with Gasteiger partial charge in [0.1, 0.15) is 6.04 Å². The van der Waals surface area contributed by atoms with E-state index in [1.165, 1.54) is 37.6 Å². The highest BCUT2D eigenvalue weighted by molar-refractivity contribution is 7.20. The SMILES string of the molecule is CN(C#N)C(=O)[C@H](CC1CCCCC1)NC(=O)c1cc2ccccc2s1. The van der Waals surface area contributed by atoms with Gasteiger partial charge >= 0.3 is 0 Å². The second-order valence-corrected chi connectivity index (χ2v) is 8.00. The van der Waals surface area contributed by atoms with E-state index in [2.05, 4.69) is 5.32 Å². The number of fused-ring (bicyclic) bond motifs is 1. The fourth-order valence-electron chi connectivity index (χ4n) is 3.58. The molecule has 1 atom stereocenters. The first-order valence-corrected chi connectivity index (χ1v) is 9.87. The van der Waals surface area contributed by atoms with Crippen molar-refractivity contribution in [2.75, 3.05) is 7.05 Å². The molecule has 2 amide bonds. The van der Waals surface area contributed by atoms with Crippen molar-refractivity contribution in [1.82, 2.24) is 10.2 Å². The van der Waals surface area contributed by atoms with Gasteiger partial charge < -0.3 is 5.32 Å². The number of likely N-dealkylation sites (N-methyl/N-ethyl adjacent to an activating group) is 1. The molecule has 5 nitrogen and oxygen atoms in total. The molecule has 1 aromatic heterocycles. The molecule has 1 N–H and O–H groups in total. The number of nitrogens with zero attached hydrogens (tertiary/aromatic N) is 2. The van der Waals surface area contributed by atoms with Crippen molar-refractivity contribution in [3.05, 3.63) is 35.2 Å².